The van der Waals surface area contributed by atoms with E-state index in [4.69, 9.17) is 0 Å². The van der Waals surface area contributed by atoms with E-state index in [2.05, 4.69) is 21.0 Å². The lowest BCUT2D eigenvalue weighted by atomic mass is 9.85. The SMILES string of the molecule is Cc1csc(CCNC(=O)C2CC3CCCCC3N2)n1. The predicted molar refractivity (Wildman–Crippen MR) is 80.9 cm³/mol. The third kappa shape index (κ3) is 3.20. The molecule has 3 unspecified atom stereocenters. The van der Waals surface area contributed by atoms with Gasteiger partial charge in [-0.15, -0.1) is 11.3 Å². The average molecular weight is 293 g/mol. The Balaban J connectivity index is 1.43. The summed E-state index contributed by atoms with van der Waals surface area (Å²) < 4.78 is 0. The van der Waals surface area contributed by atoms with Crippen LogP contribution >= 0.6 is 11.3 Å². The third-order valence-corrected chi connectivity index (χ3v) is 5.51. The topological polar surface area (TPSA) is 54.0 Å². The number of amides is 1. The van der Waals surface area contributed by atoms with Gasteiger partial charge in [0, 0.05) is 30.1 Å². The molecule has 0 bridgehead atoms. The number of aromatic nitrogens is 1. The van der Waals surface area contributed by atoms with Crippen LogP contribution in [0.3, 0.4) is 0 Å². The van der Waals surface area contributed by atoms with E-state index in [1.54, 1.807) is 11.3 Å². The molecule has 1 aliphatic carbocycles. The summed E-state index contributed by atoms with van der Waals surface area (Å²) in [5.74, 6) is 0.897. The van der Waals surface area contributed by atoms with Gasteiger partial charge in [0.15, 0.2) is 0 Å². The van der Waals surface area contributed by atoms with Gasteiger partial charge in [0.2, 0.25) is 5.91 Å². The molecular weight excluding hydrogens is 270 g/mol. The Hall–Kier alpha value is -0.940. The largest absolute Gasteiger partial charge is 0.354 e. The number of thiazole rings is 1. The second-order valence-electron chi connectivity index (χ2n) is 6.03. The second-order valence-corrected chi connectivity index (χ2v) is 6.97. The van der Waals surface area contributed by atoms with Gasteiger partial charge in [-0.05, 0) is 32.1 Å². The standard InChI is InChI=1S/C15H23N3OS/c1-10-9-20-14(17-10)6-7-16-15(19)13-8-11-4-2-3-5-12(11)18-13/h9,11-13,18H,2-8H2,1H3,(H,16,19). The second kappa shape index (κ2) is 6.22. The fourth-order valence-electron chi connectivity index (χ4n) is 3.45. The van der Waals surface area contributed by atoms with Gasteiger partial charge in [-0.1, -0.05) is 12.8 Å². The number of carbonyl (C=O) groups is 1. The first-order valence-electron chi connectivity index (χ1n) is 7.67. The quantitative estimate of drug-likeness (QED) is 0.893. The van der Waals surface area contributed by atoms with Gasteiger partial charge in [-0.2, -0.15) is 0 Å². The lowest BCUT2D eigenvalue weighted by Crippen LogP contribution is -2.43. The van der Waals surface area contributed by atoms with E-state index in [1.807, 2.05) is 6.92 Å². The van der Waals surface area contributed by atoms with E-state index in [9.17, 15) is 4.79 Å². The highest BCUT2D eigenvalue weighted by atomic mass is 32.1. The molecule has 2 fully saturated rings. The number of nitrogens with one attached hydrogen (secondary N) is 2. The number of rotatable bonds is 4. The number of aryl methyl sites for hydroxylation is 1. The Morgan fingerprint density at radius 3 is 3.10 bits per heavy atom. The van der Waals surface area contributed by atoms with Gasteiger partial charge in [0.25, 0.3) is 0 Å². The lowest BCUT2D eigenvalue weighted by molar-refractivity contribution is -0.122. The molecule has 0 aromatic carbocycles. The molecule has 2 N–H and O–H groups in total. The first-order chi connectivity index (χ1) is 9.72. The van der Waals surface area contributed by atoms with Crippen molar-refractivity contribution in [1.29, 1.82) is 0 Å². The molecule has 4 nitrogen and oxygen atoms in total. The molecule has 1 aliphatic heterocycles. The highest BCUT2D eigenvalue weighted by Gasteiger charge is 2.37. The number of nitrogens with zero attached hydrogens (tertiary/aromatic N) is 1. The van der Waals surface area contributed by atoms with Crippen molar-refractivity contribution >= 4 is 17.2 Å². The van der Waals surface area contributed by atoms with E-state index in [1.165, 1.54) is 25.7 Å². The molecule has 5 heteroatoms. The van der Waals surface area contributed by atoms with Gasteiger partial charge in [-0.25, -0.2) is 4.98 Å². The van der Waals surface area contributed by atoms with Gasteiger partial charge < -0.3 is 10.6 Å². The summed E-state index contributed by atoms with van der Waals surface area (Å²) in [4.78, 5) is 16.6. The highest BCUT2D eigenvalue weighted by Crippen LogP contribution is 2.33. The molecule has 1 aromatic rings. The molecule has 110 valence electrons. The predicted octanol–water partition coefficient (Wildman–Crippen LogP) is 2.03. The summed E-state index contributed by atoms with van der Waals surface area (Å²) in [5, 5.41) is 9.74. The summed E-state index contributed by atoms with van der Waals surface area (Å²) in [5.41, 5.74) is 1.07. The Morgan fingerprint density at radius 2 is 2.35 bits per heavy atom. The molecule has 1 aromatic heterocycles. The molecule has 3 rings (SSSR count). The summed E-state index contributed by atoms with van der Waals surface area (Å²) in [7, 11) is 0. The fraction of sp³-hybridized carbons (Fsp3) is 0.733. The van der Waals surface area contributed by atoms with Crippen LogP contribution in [0.2, 0.25) is 0 Å². The average Bonchev–Trinajstić information content (AvgIpc) is 3.04. The van der Waals surface area contributed by atoms with Crippen molar-refractivity contribution in [3.63, 3.8) is 0 Å². The normalized spacial score (nSPS) is 29.1. The molecule has 20 heavy (non-hydrogen) atoms. The van der Waals surface area contributed by atoms with Crippen molar-refractivity contribution in [3.8, 4) is 0 Å². The van der Waals surface area contributed by atoms with Gasteiger partial charge in [-0.3, -0.25) is 4.79 Å². The van der Waals surface area contributed by atoms with Crippen molar-refractivity contribution in [1.82, 2.24) is 15.6 Å². The van der Waals surface area contributed by atoms with Crippen LogP contribution in [0.4, 0.5) is 0 Å². The first kappa shape index (κ1) is 14.0. The van der Waals surface area contributed by atoms with E-state index in [0.29, 0.717) is 12.6 Å². The van der Waals surface area contributed by atoms with Gasteiger partial charge in [0.05, 0.1) is 11.0 Å². The zero-order valence-corrected chi connectivity index (χ0v) is 12.8. The smallest absolute Gasteiger partial charge is 0.237 e. The van der Waals surface area contributed by atoms with Crippen LogP contribution in [0.15, 0.2) is 5.38 Å². The molecule has 3 atom stereocenters. The Kier molecular flexibility index (Phi) is 4.36. The molecule has 2 aliphatic rings. The summed E-state index contributed by atoms with van der Waals surface area (Å²) in [6.07, 6.45) is 7.04. The van der Waals surface area contributed by atoms with E-state index < -0.39 is 0 Å². The number of fused-ring (bicyclic) bond motifs is 1. The molecule has 1 saturated heterocycles. The maximum absolute atomic E-state index is 12.2. The Morgan fingerprint density at radius 1 is 1.50 bits per heavy atom. The van der Waals surface area contributed by atoms with Gasteiger partial charge in [0.1, 0.15) is 0 Å². The fourth-order valence-corrected chi connectivity index (χ4v) is 4.23. The summed E-state index contributed by atoms with van der Waals surface area (Å²) in [6, 6.07) is 0.613. The van der Waals surface area contributed by atoms with Gasteiger partial charge >= 0.3 is 0 Å². The van der Waals surface area contributed by atoms with Crippen molar-refractivity contribution in [3.05, 3.63) is 16.1 Å². The molecule has 1 amide bonds. The summed E-state index contributed by atoms with van der Waals surface area (Å²) >= 11 is 1.67. The molecule has 2 heterocycles. The van der Waals surface area contributed by atoms with Crippen molar-refractivity contribution in [2.24, 2.45) is 5.92 Å². The van der Waals surface area contributed by atoms with Crippen LogP contribution in [0.5, 0.6) is 0 Å². The molecular formula is C15H23N3OS. The number of hydrogen-bond acceptors (Lipinski definition) is 4. The minimum absolute atomic E-state index is 0.0288. The summed E-state index contributed by atoms with van der Waals surface area (Å²) in [6.45, 7) is 2.70. The van der Waals surface area contributed by atoms with E-state index in [-0.39, 0.29) is 11.9 Å². The van der Waals surface area contributed by atoms with Crippen LogP contribution in [-0.4, -0.2) is 29.5 Å². The molecule has 0 spiro atoms. The Bertz CT molecular complexity index is 459. The molecule has 1 saturated carbocycles. The van der Waals surface area contributed by atoms with Crippen molar-refractivity contribution in [2.75, 3.05) is 6.54 Å². The number of carbonyl (C=O) groups excluding carboxylic acids is 1. The highest BCUT2D eigenvalue weighted by molar-refractivity contribution is 7.09. The first-order valence-corrected chi connectivity index (χ1v) is 8.55. The van der Waals surface area contributed by atoms with Crippen LogP contribution in [-0.2, 0) is 11.2 Å². The lowest BCUT2D eigenvalue weighted by Gasteiger charge is -2.24. The Labute approximate surface area is 124 Å². The van der Waals surface area contributed by atoms with Crippen LogP contribution in [0.25, 0.3) is 0 Å². The monoisotopic (exact) mass is 293 g/mol. The van der Waals surface area contributed by atoms with Crippen LogP contribution < -0.4 is 10.6 Å². The zero-order valence-electron chi connectivity index (χ0n) is 12.0. The molecule has 0 radical (unpaired) electrons. The van der Waals surface area contributed by atoms with E-state index >= 15 is 0 Å². The van der Waals surface area contributed by atoms with Crippen molar-refractivity contribution < 1.29 is 4.79 Å². The zero-order chi connectivity index (χ0) is 13.9. The maximum atomic E-state index is 12.2. The van der Waals surface area contributed by atoms with E-state index in [0.717, 1.165) is 29.5 Å². The number of hydrogen-bond donors (Lipinski definition) is 2. The minimum Gasteiger partial charge on any atom is -0.354 e. The third-order valence-electron chi connectivity index (χ3n) is 4.48. The minimum atomic E-state index is 0.0288. The maximum Gasteiger partial charge on any atom is 0.237 e. The van der Waals surface area contributed by atoms with Crippen molar-refractivity contribution in [2.45, 2.75) is 57.5 Å². The van der Waals surface area contributed by atoms with Crippen LogP contribution in [0, 0.1) is 12.8 Å². The van der Waals surface area contributed by atoms with Crippen LogP contribution in [0.1, 0.15) is 42.8 Å².